The van der Waals surface area contributed by atoms with Gasteiger partial charge in [0, 0.05) is 18.7 Å². The minimum absolute atomic E-state index is 0.00170. The second-order valence-corrected chi connectivity index (χ2v) is 11.0. The molecule has 1 saturated heterocycles. The summed E-state index contributed by atoms with van der Waals surface area (Å²) >= 11 is 0. The molecule has 1 aliphatic rings. The minimum atomic E-state index is -3.60. The van der Waals surface area contributed by atoms with Crippen molar-refractivity contribution < 1.29 is 17.6 Å². The Morgan fingerprint density at radius 3 is 2.24 bits per heavy atom. The van der Waals surface area contributed by atoms with Gasteiger partial charge in [-0.25, -0.2) is 8.42 Å². The van der Waals surface area contributed by atoms with Crippen LogP contribution in [0.5, 0.6) is 0 Å². The molecule has 1 N–H and O–H groups in total. The summed E-state index contributed by atoms with van der Waals surface area (Å²) in [7, 11) is -3.60. The lowest BCUT2D eigenvalue weighted by molar-refractivity contribution is 0.102. The Hall–Kier alpha value is -3.04. The van der Waals surface area contributed by atoms with Gasteiger partial charge in [0.15, 0.2) is 0 Å². The number of aryl methyl sites for hydroxylation is 1. The number of aromatic nitrogens is 2. The number of carbonyl (C=O) groups is 1. The number of nitrogens with one attached hydrogen (secondary N) is 1. The number of benzene rings is 2. The Morgan fingerprint density at radius 2 is 1.62 bits per heavy atom. The molecule has 2 atom stereocenters. The molecule has 1 aliphatic heterocycles. The summed E-state index contributed by atoms with van der Waals surface area (Å²) in [6.07, 6.45) is 2.46. The van der Waals surface area contributed by atoms with Crippen molar-refractivity contribution in [2.45, 2.75) is 44.9 Å². The standard InChI is InChI=1S/C25H30N4O4S/c1-4-19-5-7-20(8-6-19)14-23-27-28-25(33-23)26-24(30)21-9-11-22(12-10-21)34(31,32)29-15-17(2)13-18(3)16-29/h5-12,17-18H,4,13-16H2,1-3H3,(H,26,28,30). The van der Waals surface area contributed by atoms with Crippen molar-refractivity contribution in [2.75, 3.05) is 18.4 Å². The van der Waals surface area contributed by atoms with E-state index >= 15 is 0 Å². The van der Waals surface area contributed by atoms with Gasteiger partial charge in [0.05, 0.1) is 11.3 Å². The van der Waals surface area contributed by atoms with Crippen molar-refractivity contribution in [3.05, 3.63) is 71.1 Å². The van der Waals surface area contributed by atoms with Crippen LogP contribution >= 0.6 is 0 Å². The molecule has 0 aliphatic carbocycles. The maximum absolute atomic E-state index is 13.0. The summed E-state index contributed by atoms with van der Waals surface area (Å²) in [5.74, 6) is 0.579. The van der Waals surface area contributed by atoms with E-state index in [2.05, 4.69) is 48.4 Å². The number of carbonyl (C=O) groups excluding carboxylic acids is 1. The molecular weight excluding hydrogens is 452 g/mol. The number of hydrogen-bond donors (Lipinski definition) is 1. The van der Waals surface area contributed by atoms with E-state index in [1.54, 1.807) is 0 Å². The quantitative estimate of drug-likeness (QED) is 0.543. The third-order valence-electron chi connectivity index (χ3n) is 6.06. The van der Waals surface area contributed by atoms with Gasteiger partial charge >= 0.3 is 6.01 Å². The molecule has 9 heteroatoms. The highest BCUT2D eigenvalue weighted by molar-refractivity contribution is 7.89. The van der Waals surface area contributed by atoms with E-state index in [1.807, 2.05) is 12.1 Å². The number of sulfonamides is 1. The van der Waals surface area contributed by atoms with Crippen LogP contribution in [0.1, 0.15) is 54.6 Å². The highest BCUT2D eigenvalue weighted by Crippen LogP contribution is 2.27. The van der Waals surface area contributed by atoms with E-state index in [0.717, 1.165) is 18.4 Å². The lowest BCUT2D eigenvalue weighted by Crippen LogP contribution is -2.42. The minimum Gasteiger partial charge on any atom is -0.407 e. The van der Waals surface area contributed by atoms with Gasteiger partial charge in [-0.1, -0.05) is 50.1 Å². The smallest absolute Gasteiger partial charge is 0.322 e. The molecule has 0 saturated carbocycles. The predicted molar refractivity (Wildman–Crippen MR) is 129 cm³/mol. The highest BCUT2D eigenvalue weighted by Gasteiger charge is 2.31. The molecule has 1 aromatic heterocycles. The van der Waals surface area contributed by atoms with Crippen molar-refractivity contribution in [1.29, 1.82) is 0 Å². The second kappa shape index (κ2) is 10.1. The average Bonchev–Trinajstić information content (AvgIpc) is 3.25. The van der Waals surface area contributed by atoms with Gasteiger partial charge in [-0.2, -0.15) is 4.31 Å². The molecule has 8 nitrogen and oxygen atoms in total. The van der Waals surface area contributed by atoms with Crippen molar-refractivity contribution in [3.63, 3.8) is 0 Å². The number of rotatable bonds is 7. The Bertz CT molecular complexity index is 1230. The van der Waals surface area contributed by atoms with E-state index in [-0.39, 0.29) is 10.9 Å². The van der Waals surface area contributed by atoms with Crippen LogP contribution in [0.3, 0.4) is 0 Å². The monoisotopic (exact) mass is 482 g/mol. The van der Waals surface area contributed by atoms with Crippen LogP contribution in [-0.2, 0) is 22.9 Å². The predicted octanol–water partition coefficient (Wildman–Crippen LogP) is 4.14. The molecule has 180 valence electrons. The summed E-state index contributed by atoms with van der Waals surface area (Å²) in [6, 6.07) is 14.1. The third kappa shape index (κ3) is 5.53. The van der Waals surface area contributed by atoms with E-state index in [9.17, 15) is 13.2 Å². The SMILES string of the molecule is CCc1ccc(Cc2nnc(NC(=O)c3ccc(S(=O)(=O)N4CC(C)CC(C)C4)cc3)o2)cc1. The molecular formula is C25H30N4O4S. The van der Waals surface area contributed by atoms with Crippen molar-refractivity contribution in [1.82, 2.24) is 14.5 Å². The molecule has 0 bridgehead atoms. The van der Waals surface area contributed by atoms with Crippen LogP contribution in [0.4, 0.5) is 6.01 Å². The number of nitrogens with zero attached hydrogens (tertiary/aromatic N) is 3. The average molecular weight is 483 g/mol. The first-order valence-corrected chi connectivity index (χ1v) is 13.0. The van der Waals surface area contributed by atoms with E-state index in [1.165, 1.54) is 34.1 Å². The zero-order chi connectivity index (χ0) is 24.3. The van der Waals surface area contributed by atoms with Gasteiger partial charge in [0.2, 0.25) is 15.9 Å². The normalized spacial score (nSPS) is 19.1. The number of piperidine rings is 1. The zero-order valence-electron chi connectivity index (χ0n) is 19.7. The van der Waals surface area contributed by atoms with Gasteiger partial charge in [0.25, 0.3) is 5.91 Å². The largest absolute Gasteiger partial charge is 0.407 e. The number of anilines is 1. The molecule has 0 spiro atoms. The van der Waals surface area contributed by atoms with Gasteiger partial charge < -0.3 is 4.42 Å². The fourth-order valence-corrected chi connectivity index (χ4v) is 6.02. The molecule has 2 unspecified atom stereocenters. The first kappa shape index (κ1) is 24.1. The van der Waals surface area contributed by atoms with Crippen LogP contribution in [0.2, 0.25) is 0 Å². The Labute approximate surface area is 200 Å². The maximum Gasteiger partial charge on any atom is 0.322 e. The maximum atomic E-state index is 13.0. The summed E-state index contributed by atoms with van der Waals surface area (Å²) < 4.78 is 33.2. The van der Waals surface area contributed by atoms with Crippen LogP contribution in [0.15, 0.2) is 57.8 Å². The van der Waals surface area contributed by atoms with Gasteiger partial charge in [0.1, 0.15) is 0 Å². The second-order valence-electron chi connectivity index (χ2n) is 9.09. The Kier molecular flexibility index (Phi) is 7.13. The van der Waals surface area contributed by atoms with Gasteiger partial charge in [-0.15, -0.1) is 5.10 Å². The zero-order valence-corrected chi connectivity index (χ0v) is 20.5. The fraction of sp³-hybridized carbons (Fsp3) is 0.400. The number of hydrogen-bond acceptors (Lipinski definition) is 6. The molecule has 3 aromatic rings. The van der Waals surface area contributed by atoms with Crippen molar-refractivity contribution in [3.8, 4) is 0 Å². The fourth-order valence-electron chi connectivity index (χ4n) is 4.34. The van der Waals surface area contributed by atoms with Gasteiger partial charge in [-0.05, 0) is 60.1 Å². The third-order valence-corrected chi connectivity index (χ3v) is 7.91. The first-order chi connectivity index (χ1) is 16.2. The molecule has 0 radical (unpaired) electrons. The van der Waals surface area contributed by atoms with Crippen LogP contribution in [-0.4, -0.2) is 41.9 Å². The molecule has 4 rings (SSSR count). The van der Waals surface area contributed by atoms with Crippen LogP contribution < -0.4 is 5.32 Å². The van der Waals surface area contributed by atoms with Crippen molar-refractivity contribution in [2.24, 2.45) is 11.8 Å². The summed E-state index contributed by atoms with van der Waals surface area (Å²) in [4.78, 5) is 12.8. The lowest BCUT2D eigenvalue weighted by Gasteiger charge is -2.34. The van der Waals surface area contributed by atoms with Crippen LogP contribution in [0.25, 0.3) is 0 Å². The lowest BCUT2D eigenvalue weighted by atomic mass is 9.94. The summed E-state index contributed by atoms with van der Waals surface area (Å²) in [5.41, 5.74) is 2.59. The molecule has 2 aromatic carbocycles. The molecule has 2 heterocycles. The topological polar surface area (TPSA) is 105 Å². The Morgan fingerprint density at radius 1 is 1.00 bits per heavy atom. The summed E-state index contributed by atoms with van der Waals surface area (Å²) in [6.45, 7) is 7.26. The van der Waals surface area contributed by atoms with Crippen LogP contribution in [0, 0.1) is 11.8 Å². The van der Waals surface area contributed by atoms with E-state index in [4.69, 9.17) is 4.42 Å². The Balaban J connectivity index is 1.39. The van der Waals surface area contributed by atoms with E-state index < -0.39 is 15.9 Å². The molecule has 1 amide bonds. The number of amides is 1. The highest BCUT2D eigenvalue weighted by atomic mass is 32.2. The van der Waals surface area contributed by atoms with Crippen molar-refractivity contribution >= 4 is 21.9 Å². The first-order valence-electron chi connectivity index (χ1n) is 11.6. The summed E-state index contributed by atoms with van der Waals surface area (Å²) in [5, 5.41) is 10.5. The molecule has 34 heavy (non-hydrogen) atoms. The molecule has 1 fully saturated rings. The van der Waals surface area contributed by atoms with E-state index in [0.29, 0.717) is 42.8 Å². The van der Waals surface area contributed by atoms with Gasteiger partial charge in [-0.3, -0.25) is 10.1 Å².